The second-order valence-corrected chi connectivity index (χ2v) is 8.86. The summed E-state index contributed by atoms with van der Waals surface area (Å²) in [6.45, 7) is 6.62. The first-order chi connectivity index (χ1) is 9.79. The summed E-state index contributed by atoms with van der Waals surface area (Å²) in [5, 5.41) is 3.42. The van der Waals surface area contributed by atoms with Crippen molar-refractivity contribution in [2.75, 3.05) is 12.8 Å². The summed E-state index contributed by atoms with van der Waals surface area (Å²) in [5.41, 5.74) is 1.31. The van der Waals surface area contributed by atoms with E-state index in [0.717, 1.165) is 32.2 Å². The van der Waals surface area contributed by atoms with Crippen LogP contribution in [-0.4, -0.2) is 32.0 Å². The van der Waals surface area contributed by atoms with Gasteiger partial charge in [-0.05, 0) is 51.6 Å². The average molecular weight is 311 g/mol. The minimum Gasteiger partial charge on any atom is -0.312 e. The molecule has 4 heteroatoms. The van der Waals surface area contributed by atoms with Crippen LogP contribution in [0.25, 0.3) is 0 Å². The van der Waals surface area contributed by atoms with Crippen LogP contribution in [-0.2, 0) is 16.3 Å². The molecule has 0 aromatic heterocycles. The second kappa shape index (κ2) is 7.95. The zero-order valence-electron chi connectivity index (χ0n) is 13.7. The van der Waals surface area contributed by atoms with Gasteiger partial charge in [-0.15, -0.1) is 0 Å². The van der Waals surface area contributed by atoms with E-state index in [2.05, 4.69) is 24.4 Å². The van der Waals surface area contributed by atoms with E-state index in [1.165, 1.54) is 11.8 Å². The summed E-state index contributed by atoms with van der Waals surface area (Å²) in [6.07, 6.45) is 5.20. The van der Waals surface area contributed by atoms with Gasteiger partial charge in [0.1, 0.15) is 0 Å². The highest BCUT2D eigenvalue weighted by Gasteiger charge is 2.38. The van der Waals surface area contributed by atoms with E-state index in [1.807, 2.05) is 32.0 Å². The van der Waals surface area contributed by atoms with Crippen molar-refractivity contribution in [3.8, 4) is 0 Å². The van der Waals surface area contributed by atoms with Gasteiger partial charge >= 0.3 is 0 Å². The average Bonchev–Trinajstić information content (AvgIpc) is 2.42. The lowest BCUT2D eigenvalue weighted by Crippen LogP contribution is -2.51. The minimum atomic E-state index is -3.09. The molecular formula is C17H29NO2S. The monoisotopic (exact) mass is 311 g/mol. The Morgan fingerprint density at radius 1 is 1.19 bits per heavy atom. The van der Waals surface area contributed by atoms with Crippen molar-refractivity contribution in [3.63, 3.8) is 0 Å². The number of hydrogen-bond acceptors (Lipinski definition) is 3. The van der Waals surface area contributed by atoms with Crippen molar-refractivity contribution in [2.24, 2.45) is 0 Å². The molecule has 0 fully saturated rings. The molecule has 1 aromatic rings. The van der Waals surface area contributed by atoms with E-state index in [0.29, 0.717) is 0 Å². The predicted molar refractivity (Wildman–Crippen MR) is 90.4 cm³/mol. The van der Waals surface area contributed by atoms with Crippen LogP contribution in [0.5, 0.6) is 0 Å². The minimum absolute atomic E-state index is 0.00355. The number of aryl methyl sites for hydroxylation is 1. The summed E-state index contributed by atoms with van der Waals surface area (Å²) in [6, 6.07) is 10.3. The molecule has 120 valence electrons. The Bertz CT molecular complexity index is 509. The van der Waals surface area contributed by atoms with E-state index in [4.69, 9.17) is 0 Å². The third kappa shape index (κ3) is 5.44. The van der Waals surface area contributed by atoms with Gasteiger partial charge < -0.3 is 5.32 Å². The van der Waals surface area contributed by atoms with Gasteiger partial charge in [0.25, 0.3) is 0 Å². The maximum atomic E-state index is 12.1. The SMILES string of the molecule is CCCNC(CCCc1ccccc1)C(C)(C)S(C)(=O)=O. The lowest BCUT2D eigenvalue weighted by Gasteiger charge is -2.33. The number of rotatable bonds is 9. The molecule has 3 nitrogen and oxygen atoms in total. The van der Waals surface area contributed by atoms with E-state index < -0.39 is 14.6 Å². The molecule has 0 bridgehead atoms. The molecule has 0 amide bonds. The summed E-state index contributed by atoms with van der Waals surface area (Å²) in [7, 11) is -3.09. The van der Waals surface area contributed by atoms with Crippen LogP contribution < -0.4 is 5.32 Å². The van der Waals surface area contributed by atoms with Crippen LogP contribution in [0.1, 0.15) is 45.6 Å². The highest BCUT2D eigenvalue weighted by atomic mass is 32.2. The lowest BCUT2D eigenvalue weighted by molar-refractivity contribution is 0.381. The van der Waals surface area contributed by atoms with Gasteiger partial charge in [0, 0.05) is 12.3 Å². The van der Waals surface area contributed by atoms with Gasteiger partial charge in [0.15, 0.2) is 9.84 Å². The third-order valence-electron chi connectivity index (χ3n) is 4.24. The van der Waals surface area contributed by atoms with Crippen molar-refractivity contribution in [1.29, 1.82) is 0 Å². The maximum absolute atomic E-state index is 12.1. The first-order valence-corrected chi connectivity index (χ1v) is 9.65. The third-order valence-corrected chi connectivity index (χ3v) is 6.43. The Morgan fingerprint density at radius 2 is 1.81 bits per heavy atom. The molecule has 1 rings (SSSR count). The van der Waals surface area contributed by atoms with E-state index in [-0.39, 0.29) is 6.04 Å². The topological polar surface area (TPSA) is 46.2 Å². The van der Waals surface area contributed by atoms with Crippen molar-refractivity contribution in [1.82, 2.24) is 5.32 Å². The Morgan fingerprint density at radius 3 is 2.33 bits per heavy atom. The standard InChI is InChI=1S/C17H29NO2S/c1-5-14-18-16(17(2,3)21(4,19)20)13-9-12-15-10-7-6-8-11-15/h6-8,10-11,16,18H,5,9,12-14H2,1-4H3. The molecule has 0 saturated heterocycles. The summed E-state index contributed by atoms with van der Waals surface area (Å²) in [5.74, 6) is 0. The van der Waals surface area contributed by atoms with Crippen LogP contribution in [0.3, 0.4) is 0 Å². The van der Waals surface area contributed by atoms with E-state index in [9.17, 15) is 8.42 Å². The quantitative estimate of drug-likeness (QED) is 0.762. The van der Waals surface area contributed by atoms with Gasteiger partial charge in [-0.3, -0.25) is 0 Å². The van der Waals surface area contributed by atoms with Gasteiger partial charge in [0.2, 0.25) is 0 Å². The molecule has 1 N–H and O–H groups in total. The first-order valence-electron chi connectivity index (χ1n) is 7.76. The highest BCUT2D eigenvalue weighted by Crippen LogP contribution is 2.24. The molecule has 0 radical (unpaired) electrons. The van der Waals surface area contributed by atoms with Crippen molar-refractivity contribution in [3.05, 3.63) is 35.9 Å². The molecule has 0 aliphatic carbocycles. The number of sulfone groups is 1. The second-order valence-electron chi connectivity index (χ2n) is 6.26. The van der Waals surface area contributed by atoms with Gasteiger partial charge in [-0.25, -0.2) is 8.42 Å². The fraction of sp³-hybridized carbons (Fsp3) is 0.647. The van der Waals surface area contributed by atoms with Gasteiger partial charge in [0.05, 0.1) is 4.75 Å². The molecule has 0 heterocycles. The van der Waals surface area contributed by atoms with Crippen LogP contribution >= 0.6 is 0 Å². The fourth-order valence-corrected chi connectivity index (χ4v) is 3.15. The number of hydrogen-bond donors (Lipinski definition) is 1. The molecule has 0 saturated carbocycles. The normalized spacial score (nSPS) is 14.1. The van der Waals surface area contributed by atoms with E-state index in [1.54, 1.807) is 0 Å². The van der Waals surface area contributed by atoms with Crippen LogP contribution in [0.15, 0.2) is 30.3 Å². The largest absolute Gasteiger partial charge is 0.312 e. The summed E-state index contributed by atoms with van der Waals surface area (Å²) in [4.78, 5) is 0. The van der Waals surface area contributed by atoms with Gasteiger partial charge in [-0.2, -0.15) is 0 Å². The molecule has 21 heavy (non-hydrogen) atoms. The van der Waals surface area contributed by atoms with Crippen LogP contribution in [0.2, 0.25) is 0 Å². The summed E-state index contributed by atoms with van der Waals surface area (Å²) < 4.78 is 23.4. The Balaban J connectivity index is 2.66. The smallest absolute Gasteiger partial charge is 0.154 e. The Kier molecular flexibility index (Phi) is 6.88. The van der Waals surface area contributed by atoms with Crippen molar-refractivity contribution in [2.45, 2.75) is 57.2 Å². The predicted octanol–water partition coefficient (Wildman–Crippen LogP) is 3.20. The fourth-order valence-electron chi connectivity index (χ4n) is 2.43. The lowest BCUT2D eigenvalue weighted by atomic mass is 9.95. The molecule has 0 aliphatic heterocycles. The Labute approximate surface area is 130 Å². The van der Waals surface area contributed by atoms with E-state index >= 15 is 0 Å². The zero-order chi connectivity index (χ0) is 15.9. The first kappa shape index (κ1) is 18.2. The molecule has 1 unspecified atom stereocenters. The molecule has 0 spiro atoms. The Hall–Kier alpha value is -0.870. The molecule has 0 aliphatic rings. The summed E-state index contributed by atoms with van der Waals surface area (Å²) >= 11 is 0. The number of nitrogens with one attached hydrogen (secondary N) is 1. The molecule has 1 atom stereocenters. The van der Waals surface area contributed by atoms with Crippen LogP contribution in [0, 0.1) is 0 Å². The van der Waals surface area contributed by atoms with Gasteiger partial charge in [-0.1, -0.05) is 37.3 Å². The zero-order valence-corrected chi connectivity index (χ0v) is 14.5. The number of benzene rings is 1. The highest BCUT2D eigenvalue weighted by molar-refractivity contribution is 7.92. The maximum Gasteiger partial charge on any atom is 0.154 e. The molecule has 1 aromatic carbocycles. The van der Waals surface area contributed by atoms with Crippen molar-refractivity contribution >= 4 is 9.84 Å². The van der Waals surface area contributed by atoms with Crippen LogP contribution in [0.4, 0.5) is 0 Å². The molecular weight excluding hydrogens is 282 g/mol. The van der Waals surface area contributed by atoms with Crippen molar-refractivity contribution < 1.29 is 8.42 Å².